The highest BCUT2D eigenvalue weighted by molar-refractivity contribution is 5.80. The number of aliphatic imine (C=N–C) groups is 1. The van der Waals surface area contributed by atoms with Gasteiger partial charge in [0.05, 0.1) is 6.61 Å². The van der Waals surface area contributed by atoms with Crippen molar-refractivity contribution in [1.29, 1.82) is 0 Å². The Balaban J connectivity index is 1.81. The molecular formula is C19H31FN4O. The lowest BCUT2D eigenvalue weighted by Crippen LogP contribution is -2.40. The molecule has 1 aliphatic rings. The van der Waals surface area contributed by atoms with Crippen molar-refractivity contribution in [2.75, 3.05) is 58.4 Å². The number of nitrogens with zero attached hydrogens (tertiary/aromatic N) is 3. The quantitative estimate of drug-likeness (QED) is 0.444. The van der Waals surface area contributed by atoms with Gasteiger partial charge in [0, 0.05) is 58.5 Å². The Bertz CT molecular complexity index is 552. The van der Waals surface area contributed by atoms with Gasteiger partial charge in [-0.25, -0.2) is 4.39 Å². The number of likely N-dealkylation sites (tertiary alicyclic amines) is 1. The SMILES string of the molecule is CCNC(=NCCCN(C)c1cccc(F)c1)N1CCC(COC)C1. The molecule has 1 N–H and O–H groups in total. The number of hydrogen-bond acceptors (Lipinski definition) is 3. The Morgan fingerprint density at radius 3 is 3.04 bits per heavy atom. The van der Waals surface area contributed by atoms with Gasteiger partial charge in [-0.1, -0.05) is 6.07 Å². The molecule has 2 rings (SSSR count). The normalized spacial score (nSPS) is 17.8. The lowest BCUT2D eigenvalue weighted by Gasteiger charge is -2.22. The third-order valence-corrected chi connectivity index (χ3v) is 4.48. The molecule has 1 aliphatic heterocycles. The van der Waals surface area contributed by atoms with Gasteiger partial charge in [0.15, 0.2) is 5.96 Å². The van der Waals surface area contributed by atoms with E-state index in [1.165, 1.54) is 6.07 Å². The molecule has 0 bridgehead atoms. The lowest BCUT2D eigenvalue weighted by molar-refractivity contribution is 0.157. The van der Waals surface area contributed by atoms with Crippen LogP contribution in [0.3, 0.4) is 0 Å². The maximum atomic E-state index is 13.3. The van der Waals surface area contributed by atoms with Crippen molar-refractivity contribution in [2.45, 2.75) is 19.8 Å². The zero-order chi connectivity index (χ0) is 18.1. The fourth-order valence-electron chi connectivity index (χ4n) is 3.16. The fourth-order valence-corrected chi connectivity index (χ4v) is 3.16. The average molecular weight is 350 g/mol. The first-order valence-electron chi connectivity index (χ1n) is 9.13. The van der Waals surface area contributed by atoms with Crippen LogP contribution in [0.2, 0.25) is 0 Å². The van der Waals surface area contributed by atoms with E-state index in [1.807, 2.05) is 13.1 Å². The van der Waals surface area contributed by atoms with E-state index in [2.05, 4.69) is 22.0 Å². The van der Waals surface area contributed by atoms with Crippen LogP contribution in [0.5, 0.6) is 0 Å². The predicted molar refractivity (Wildman–Crippen MR) is 102 cm³/mol. The Morgan fingerprint density at radius 2 is 2.32 bits per heavy atom. The first-order valence-corrected chi connectivity index (χ1v) is 9.13. The first-order chi connectivity index (χ1) is 12.1. The molecule has 1 unspecified atom stereocenters. The number of halogens is 1. The molecule has 0 amide bonds. The number of rotatable bonds is 8. The largest absolute Gasteiger partial charge is 0.384 e. The molecule has 6 heteroatoms. The Morgan fingerprint density at radius 1 is 1.48 bits per heavy atom. The standard InChI is InChI=1S/C19H31FN4O/c1-4-21-19(24-12-9-16(14-24)15-25-3)22-10-6-11-23(2)18-8-5-7-17(20)13-18/h5,7-8,13,16H,4,6,9-12,14-15H2,1-3H3,(H,21,22). The van der Waals surface area contributed by atoms with E-state index >= 15 is 0 Å². The molecule has 0 aromatic heterocycles. The van der Waals surface area contributed by atoms with Crippen LogP contribution in [0.25, 0.3) is 0 Å². The van der Waals surface area contributed by atoms with Crippen molar-refractivity contribution in [2.24, 2.45) is 10.9 Å². The number of benzene rings is 1. The monoisotopic (exact) mass is 350 g/mol. The van der Waals surface area contributed by atoms with Gasteiger partial charge in [0.2, 0.25) is 0 Å². The summed E-state index contributed by atoms with van der Waals surface area (Å²) in [5.41, 5.74) is 0.901. The number of methoxy groups -OCH3 is 1. The molecule has 0 spiro atoms. The van der Waals surface area contributed by atoms with Gasteiger partial charge in [-0.15, -0.1) is 0 Å². The highest BCUT2D eigenvalue weighted by Gasteiger charge is 2.24. The van der Waals surface area contributed by atoms with Gasteiger partial charge < -0.3 is 19.9 Å². The molecule has 1 aromatic rings. The number of anilines is 1. The van der Waals surface area contributed by atoms with Crippen LogP contribution in [-0.4, -0.2) is 64.3 Å². The first kappa shape index (κ1) is 19.5. The Labute approximate surface area is 150 Å². The van der Waals surface area contributed by atoms with Crippen molar-refractivity contribution in [1.82, 2.24) is 10.2 Å². The van der Waals surface area contributed by atoms with E-state index in [4.69, 9.17) is 9.73 Å². The molecule has 1 atom stereocenters. The zero-order valence-electron chi connectivity index (χ0n) is 15.7. The van der Waals surface area contributed by atoms with Gasteiger partial charge in [0.25, 0.3) is 0 Å². The van der Waals surface area contributed by atoms with Crippen LogP contribution in [0.4, 0.5) is 10.1 Å². The second kappa shape index (κ2) is 10.2. The maximum absolute atomic E-state index is 13.3. The molecule has 140 valence electrons. The minimum Gasteiger partial charge on any atom is -0.384 e. The molecule has 1 aromatic carbocycles. The molecule has 5 nitrogen and oxygen atoms in total. The summed E-state index contributed by atoms with van der Waals surface area (Å²) in [6.07, 6.45) is 2.08. The van der Waals surface area contributed by atoms with Crippen molar-refractivity contribution in [3.63, 3.8) is 0 Å². The number of ether oxygens (including phenoxy) is 1. The number of nitrogens with one attached hydrogen (secondary N) is 1. The summed E-state index contributed by atoms with van der Waals surface area (Å²) in [5.74, 6) is 1.39. The van der Waals surface area contributed by atoms with Gasteiger partial charge in [-0.2, -0.15) is 0 Å². The summed E-state index contributed by atoms with van der Waals surface area (Å²) >= 11 is 0. The summed E-state index contributed by atoms with van der Waals surface area (Å²) in [5, 5.41) is 3.39. The van der Waals surface area contributed by atoms with Crippen molar-refractivity contribution < 1.29 is 9.13 Å². The van der Waals surface area contributed by atoms with Crippen LogP contribution >= 0.6 is 0 Å². The van der Waals surface area contributed by atoms with Gasteiger partial charge in [0.1, 0.15) is 5.82 Å². The second-order valence-electron chi connectivity index (χ2n) is 6.55. The highest BCUT2D eigenvalue weighted by Crippen LogP contribution is 2.17. The second-order valence-corrected chi connectivity index (χ2v) is 6.55. The molecule has 1 heterocycles. The minimum absolute atomic E-state index is 0.198. The zero-order valence-corrected chi connectivity index (χ0v) is 15.7. The summed E-state index contributed by atoms with van der Waals surface area (Å²) in [6, 6.07) is 6.70. The molecule has 0 saturated carbocycles. The molecule has 0 radical (unpaired) electrons. The van der Waals surface area contributed by atoms with Gasteiger partial charge in [-0.05, 0) is 38.0 Å². The van der Waals surface area contributed by atoms with Crippen molar-refractivity contribution in [3.8, 4) is 0 Å². The summed E-state index contributed by atoms with van der Waals surface area (Å²) in [4.78, 5) is 9.15. The Kier molecular flexibility index (Phi) is 7.98. The summed E-state index contributed by atoms with van der Waals surface area (Å²) in [7, 11) is 3.75. The fraction of sp³-hybridized carbons (Fsp3) is 0.632. The number of guanidine groups is 1. The molecule has 1 fully saturated rings. The van der Waals surface area contributed by atoms with Crippen LogP contribution in [-0.2, 0) is 4.74 Å². The summed E-state index contributed by atoms with van der Waals surface area (Å²) in [6.45, 7) is 7.41. The third kappa shape index (κ3) is 6.20. The van der Waals surface area contributed by atoms with E-state index in [1.54, 1.807) is 19.2 Å². The molecule has 0 aliphatic carbocycles. The smallest absolute Gasteiger partial charge is 0.193 e. The Hall–Kier alpha value is -1.82. The van der Waals surface area contributed by atoms with Crippen molar-refractivity contribution in [3.05, 3.63) is 30.1 Å². The maximum Gasteiger partial charge on any atom is 0.193 e. The van der Waals surface area contributed by atoms with E-state index < -0.39 is 0 Å². The molecule has 25 heavy (non-hydrogen) atoms. The van der Waals surface area contributed by atoms with Crippen LogP contribution in [0.1, 0.15) is 19.8 Å². The van der Waals surface area contributed by atoms with E-state index in [0.717, 1.165) is 63.8 Å². The minimum atomic E-state index is -0.198. The topological polar surface area (TPSA) is 40.1 Å². The van der Waals surface area contributed by atoms with Crippen LogP contribution in [0.15, 0.2) is 29.3 Å². The van der Waals surface area contributed by atoms with E-state index in [0.29, 0.717) is 5.92 Å². The number of hydrogen-bond donors (Lipinski definition) is 1. The predicted octanol–water partition coefficient (Wildman–Crippen LogP) is 2.59. The average Bonchev–Trinajstić information content (AvgIpc) is 3.06. The van der Waals surface area contributed by atoms with Crippen LogP contribution < -0.4 is 10.2 Å². The van der Waals surface area contributed by atoms with Crippen LogP contribution in [0, 0.1) is 11.7 Å². The van der Waals surface area contributed by atoms with Gasteiger partial charge >= 0.3 is 0 Å². The summed E-state index contributed by atoms with van der Waals surface area (Å²) < 4.78 is 18.6. The lowest BCUT2D eigenvalue weighted by atomic mass is 10.1. The van der Waals surface area contributed by atoms with E-state index in [9.17, 15) is 4.39 Å². The third-order valence-electron chi connectivity index (χ3n) is 4.48. The molecular weight excluding hydrogens is 319 g/mol. The van der Waals surface area contributed by atoms with Gasteiger partial charge in [-0.3, -0.25) is 4.99 Å². The van der Waals surface area contributed by atoms with Crippen molar-refractivity contribution >= 4 is 11.6 Å². The van der Waals surface area contributed by atoms with E-state index in [-0.39, 0.29) is 5.82 Å². The highest BCUT2D eigenvalue weighted by atomic mass is 19.1. The molecule has 1 saturated heterocycles.